The second-order valence-corrected chi connectivity index (χ2v) is 4.99. The molecule has 22 heavy (non-hydrogen) atoms. The number of fused-ring (bicyclic) bond motifs is 1. The Morgan fingerprint density at radius 3 is 2.50 bits per heavy atom. The van der Waals surface area contributed by atoms with Gasteiger partial charge in [-0.15, -0.1) is 0 Å². The van der Waals surface area contributed by atoms with E-state index in [1.165, 1.54) is 4.90 Å². The van der Waals surface area contributed by atoms with Crippen molar-refractivity contribution in [1.29, 1.82) is 0 Å². The molecule has 0 fully saturated rings. The quantitative estimate of drug-likeness (QED) is 0.740. The third-order valence-electron chi connectivity index (χ3n) is 3.72. The van der Waals surface area contributed by atoms with Gasteiger partial charge in [0.15, 0.2) is 0 Å². The third-order valence-corrected chi connectivity index (χ3v) is 3.72. The molecule has 0 aliphatic rings. The van der Waals surface area contributed by atoms with Gasteiger partial charge in [0.05, 0.1) is 18.8 Å². The number of rotatable bonds is 6. The highest BCUT2D eigenvalue weighted by molar-refractivity contribution is 6.00. The van der Waals surface area contributed by atoms with Gasteiger partial charge < -0.3 is 22.0 Å². The molecule has 2 aromatic rings. The minimum absolute atomic E-state index is 0. The lowest BCUT2D eigenvalue weighted by Gasteiger charge is -2.15. The van der Waals surface area contributed by atoms with Crippen molar-refractivity contribution in [3.05, 3.63) is 42.5 Å². The maximum Gasteiger partial charge on any atom is 0.411 e. The van der Waals surface area contributed by atoms with E-state index in [0.29, 0.717) is 6.61 Å². The Kier molecular flexibility index (Phi) is 7.71. The molecule has 4 nitrogen and oxygen atoms in total. The third kappa shape index (κ3) is 4.90. The number of hydrogen-bond acceptors (Lipinski definition) is 2. The van der Waals surface area contributed by atoms with Gasteiger partial charge in [-0.25, -0.2) is 4.79 Å². The van der Waals surface area contributed by atoms with Gasteiger partial charge >= 0.3 is 6.09 Å². The first-order valence-corrected chi connectivity index (χ1v) is 7.49. The second-order valence-electron chi connectivity index (χ2n) is 4.99. The van der Waals surface area contributed by atoms with Crippen LogP contribution in [0.4, 0.5) is 10.5 Å². The van der Waals surface area contributed by atoms with Crippen molar-refractivity contribution in [3.8, 4) is 0 Å². The number of amides is 1. The summed E-state index contributed by atoms with van der Waals surface area (Å²) in [4.78, 5) is 13.3. The van der Waals surface area contributed by atoms with E-state index in [2.05, 4.69) is 19.2 Å². The first-order valence-electron chi connectivity index (χ1n) is 7.49. The monoisotopic (exact) mass is 322 g/mol. The van der Waals surface area contributed by atoms with E-state index in [-0.39, 0.29) is 12.4 Å². The average Bonchev–Trinajstić information content (AvgIpc) is 2.52. The van der Waals surface area contributed by atoms with E-state index in [9.17, 15) is 4.79 Å². The maximum atomic E-state index is 11.9. The lowest BCUT2D eigenvalue weighted by atomic mass is 10.1. The van der Waals surface area contributed by atoms with E-state index in [4.69, 9.17) is 4.74 Å². The lowest BCUT2D eigenvalue weighted by molar-refractivity contribution is -0.896. The Balaban J connectivity index is 0.00000242. The molecule has 2 rings (SSSR count). The predicted octanol–water partition coefficient (Wildman–Crippen LogP) is -0.683. The van der Waals surface area contributed by atoms with Crippen molar-refractivity contribution in [2.45, 2.75) is 13.8 Å². The molecule has 0 saturated carbocycles. The minimum Gasteiger partial charge on any atom is -1.00 e. The number of likely N-dealkylation sites (N-methyl/N-ethyl adjacent to an activating group) is 1. The highest BCUT2D eigenvalue weighted by atomic mass is 35.5. The number of carbonyl (C=O) groups is 1. The number of quaternary nitrogens is 1. The van der Waals surface area contributed by atoms with Gasteiger partial charge in [0.25, 0.3) is 0 Å². The zero-order chi connectivity index (χ0) is 15.1. The Morgan fingerprint density at radius 2 is 1.77 bits per heavy atom. The molecule has 5 heteroatoms. The summed E-state index contributed by atoms with van der Waals surface area (Å²) in [6.07, 6.45) is -0.391. The molecule has 0 atom stereocenters. The SMILES string of the molecule is CC[NH+](CC)CCOC(=O)Nc1cccc2ccccc12.[Cl-]. The van der Waals surface area contributed by atoms with Crippen LogP contribution in [0.1, 0.15) is 13.8 Å². The normalized spacial score (nSPS) is 10.3. The summed E-state index contributed by atoms with van der Waals surface area (Å²) in [6.45, 7) is 7.64. The molecule has 0 spiro atoms. The molecule has 2 aromatic carbocycles. The highest BCUT2D eigenvalue weighted by Crippen LogP contribution is 2.22. The van der Waals surface area contributed by atoms with Crippen LogP contribution < -0.4 is 22.6 Å². The van der Waals surface area contributed by atoms with Crippen molar-refractivity contribution < 1.29 is 26.8 Å². The van der Waals surface area contributed by atoms with Crippen LogP contribution in [0.25, 0.3) is 10.8 Å². The van der Waals surface area contributed by atoms with Gasteiger partial charge in [0.1, 0.15) is 13.2 Å². The number of halogens is 1. The van der Waals surface area contributed by atoms with Crippen LogP contribution in [-0.4, -0.2) is 32.3 Å². The molecule has 0 aliphatic heterocycles. The van der Waals surface area contributed by atoms with Gasteiger partial charge in [0, 0.05) is 5.39 Å². The number of benzene rings is 2. The summed E-state index contributed by atoms with van der Waals surface area (Å²) < 4.78 is 5.26. The summed E-state index contributed by atoms with van der Waals surface area (Å²) >= 11 is 0. The van der Waals surface area contributed by atoms with Crippen molar-refractivity contribution >= 4 is 22.6 Å². The zero-order valence-corrected chi connectivity index (χ0v) is 13.8. The Bertz CT molecular complexity index is 595. The Hall–Kier alpha value is -1.78. The van der Waals surface area contributed by atoms with E-state index in [1.54, 1.807) is 0 Å². The lowest BCUT2D eigenvalue weighted by Crippen LogP contribution is -3.11. The van der Waals surface area contributed by atoms with Gasteiger partial charge in [0.2, 0.25) is 0 Å². The summed E-state index contributed by atoms with van der Waals surface area (Å²) in [5, 5.41) is 4.94. The minimum atomic E-state index is -0.391. The summed E-state index contributed by atoms with van der Waals surface area (Å²) in [6, 6.07) is 13.8. The average molecular weight is 323 g/mol. The molecule has 0 aromatic heterocycles. The fourth-order valence-corrected chi connectivity index (χ4v) is 2.37. The van der Waals surface area contributed by atoms with Crippen LogP contribution in [0.3, 0.4) is 0 Å². The standard InChI is InChI=1S/C17H22N2O2.ClH/c1-3-19(4-2)12-13-21-17(20)18-16-11-7-9-14-8-5-6-10-15(14)16;/h5-11H,3-4,12-13H2,1-2H3,(H,18,20);1H. The molecule has 1 amide bonds. The zero-order valence-electron chi connectivity index (χ0n) is 13.1. The number of nitrogens with one attached hydrogen (secondary N) is 2. The fourth-order valence-electron chi connectivity index (χ4n) is 2.37. The number of hydrogen-bond donors (Lipinski definition) is 2. The predicted molar refractivity (Wildman–Crippen MR) is 85.8 cm³/mol. The highest BCUT2D eigenvalue weighted by Gasteiger charge is 2.08. The molecule has 0 bridgehead atoms. The summed E-state index contributed by atoms with van der Waals surface area (Å²) in [5.41, 5.74) is 0.785. The molecule has 120 valence electrons. The number of ether oxygens (including phenoxy) is 1. The summed E-state index contributed by atoms with van der Waals surface area (Å²) in [5.74, 6) is 0. The second kappa shape index (κ2) is 9.28. The smallest absolute Gasteiger partial charge is 0.411 e. The Morgan fingerprint density at radius 1 is 1.09 bits per heavy atom. The van der Waals surface area contributed by atoms with Gasteiger partial charge in [-0.1, -0.05) is 36.4 Å². The van der Waals surface area contributed by atoms with Crippen molar-refractivity contribution in [1.82, 2.24) is 0 Å². The van der Waals surface area contributed by atoms with Crippen molar-refractivity contribution in [3.63, 3.8) is 0 Å². The molecule has 0 unspecified atom stereocenters. The number of carbonyl (C=O) groups excluding carboxylic acids is 1. The summed E-state index contributed by atoms with van der Waals surface area (Å²) in [7, 11) is 0. The van der Waals surface area contributed by atoms with E-state index in [0.717, 1.165) is 36.1 Å². The molecule has 0 saturated heterocycles. The fraction of sp³-hybridized carbons (Fsp3) is 0.353. The molecule has 0 heterocycles. The van der Waals surface area contributed by atoms with E-state index < -0.39 is 6.09 Å². The first-order chi connectivity index (χ1) is 10.2. The topological polar surface area (TPSA) is 42.8 Å². The van der Waals surface area contributed by atoms with Gasteiger partial charge in [-0.05, 0) is 25.3 Å². The van der Waals surface area contributed by atoms with Crippen LogP contribution in [0.2, 0.25) is 0 Å². The van der Waals surface area contributed by atoms with E-state index in [1.807, 2.05) is 42.5 Å². The molecule has 0 aliphatic carbocycles. The molecular weight excluding hydrogens is 300 g/mol. The van der Waals surface area contributed by atoms with Gasteiger partial charge in [-0.2, -0.15) is 0 Å². The first kappa shape index (κ1) is 18.3. The van der Waals surface area contributed by atoms with Crippen LogP contribution in [0.15, 0.2) is 42.5 Å². The van der Waals surface area contributed by atoms with E-state index >= 15 is 0 Å². The Labute approximate surface area is 137 Å². The maximum absolute atomic E-state index is 11.9. The van der Waals surface area contributed by atoms with Crippen LogP contribution in [-0.2, 0) is 4.74 Å². The molecule has 0 radical (unpaired) electrons. The van der Waals surface area contributed by atoms with Crippen LogP contribution in [0.5, 0.6) is 0 Å². The van der Waals surface area contributed by atoms with Crippen LogP contribution in [0, 0.1) is 0 Å². The van der Waals surface area contributed by atoms with Gasteiger partial charge in [-0.3, -0.25) is 5.32 Å². The largest absolute Gasteiger partial charge is 1.00 e. The molecule has 2 N–H and O–H groups in total. The van der Waals surface area contributed by atoms with Crippen molar-refractivity contribution in [2.24, 2.45) is 0 Å². The molecular formula is C17H23ClN2O2. The van der Waals surface area contributed by atoms with Crippen LogP contribution >= 0.6 is 0 Å². The van der Waals surface area contributed by atoms with Crippen molar-refractivity contribution in [2.75, 3.05) is 31.6 Å². The number of anilines is 1.